The van der Waals surface area contributed by atoms with Gasteiger partial charge in [-0.2, -0.15) is 0 Å². The van der Waals surface area contributed by atoms with E-state index < -0.39 is 5.97 Å². The Morgan fingerprint density at radius 1 is 1.06 bits per heavy atom. The number of fused-ring (bicyclic) bond motifs is 1. The van der Waals surface area contributed by atoms with Crippen molar-refractivity contribution in [2.75, 3.05) is 24.9 Å². The SMILES string of the molecule is COC(=O)c1c(NC(C)=O)c2cc(NCc3ccccc3C)cnc2n1CCc1ccc(OC)cc1. The highest BCUT2D eigenvalue weighted by molar-refractivity contribution is 6.10. The molecular weight excluding hydrogens is 456 g/mol. The van der Waals surface area contributed by atoms with Crippen LogP contribution in [0.5, 0.6) is 5.75 Å². The van der Waals surface area contributed by atoms with Crippen molar-refractivity contribution in [2.45, 2.75) is 33.4 Å². The topological polar surface area (TPSA) is 94.5 Å². The van der Waals surface area contributed by atoms with Gasteiger partial charge in [-0.3, -0.25) is 4.79 Å². The highest BCUT2D eigenvalue weighted by Crippen LogP contribution is 2.33. The molecule has 186 valence electrons. The summed E-state index contributed by atoms with van der Waals surface area (Å²) < 4.78 is 12.1. The first-order valence-corrected chi connectivity index (χ1v) is 11.7. The number of benzene rings is 2. The Kier molecular flexibility index (Phi) is 7.53. The van der Waals surface area contributed by atoms with E-state index in [2.05, 4.69) is 34.7 Å². The first kappa shape index (κ1) is 24.8. The molecule has 36 heavy (non-hydrogen) atoms. The average molecular weight is 487 g/mol. The van der Waals surface area contributed by atoms with Crippen LogP contribution in [0.3, 0.4) is 0 Å². The van der Waals surface area contributed by atoms with Gasteiger partial charge in [0.1, 0.15) is 11.4 Å². The van der Waals surface area contributed by atoms with Crippen molar-refractivity contribution in [3.63, 3.8) is 0 Å². The lowest BCUT2D eigenvalue weighted by Gasteiger charge is -2.11. The molecule has 2 heterocycles. The van der Waals surface area contributed by atoms with Crippen LogP contribution in [0.25, 0.3) is 11.0 Å². The molecule has 0 aliphatic rings. The zero-order valence-corrected chi connectivity index (χ0v) is 20.9. The number of aryl methyl sites for hydroxylation is 3. The molecule has 0 atom stereocenters. The molecule has 8 nitrogen and oxygen atoms in total. The summed E-state index contributed by atoms with van der Waals surface area (Å²) in [4.78, 5) is 29.6. The Balaban J connectivity index is 1.72. The number of ether oxygens (including phenoxy) is 2. The Labute approximate surface area is 210 Å². The molecule has 0 unspecified atom stereocenters. The monoisotopic (exact) mass is 486 g/mol. The smallest absolute Gasteiger partial charge is 0.356 e. The third-order valence-electron chi connectivity index (χ3n) is 6.11. The van der Waals surface area contributed by atoms with Crippen LogP contribution in [0.15, 0.2) is 60.8 Å². The van der Waals surface area contributed by atoms with Crippen LogP contribution < -0.4 is 15.4 Å². The molecule has 0 aliphatic carbocycles. The van der Waals surface area contributed by atoms with Gasteiger partial charge in [0, 0.05) is 25.4 Å². The van der Waals surface area contributed by atoms with Gasteiger partial charge in [0.2, 0.25) is 5.91 Å². The van der Waals surface area contributed by atoms with Crippen molar-refractivity contribution < 1.29 is 19.1 Å². The largest absolute Gasteiger partial charge is 0.497 e. The fraction of sp³-hybridized carbons (Fsp3) is 0.250. The van der Waals surface area contributed by atoms with E-state index in [-0.39, 0.29) is 11.6 Å². The molecule has 0 aliphatic heterocycles. The second-order valence-electron chi connectivity index (χ2n) is 8.52. The molecule has 0 fully saturated rings. The van der Waals surface area contributed by atoms with E-state index in [1.165, 1.54) is 25.2 Å². The van der Waals surface area contributed by atoms with Gasteiger partial charge >= 0.3 is 5.97 Å². The predicted molar refractivity (Wildman–Crippen MR) is 141 cm³/mol. The number of pyridine rings is 1. The second-order valence-corrected chi connectivity index (χ2v) is 8.52. The van der Waals surface area contributed by atoms with Crippen molar-refractivity contribution in [3.8, 4) is 5.75 Å². The molecule has 4 aromatic rings. The third-order valence-corrected chi connectivity index (χ3v) is 6.11. The molecule has 4 rings (SSSR count). The molecule has 8 heteroatoms. The summed E-state index contributed by atoms with van der Waals surface area (Å²) in [6, 6.07) is 17.8. The maximum absolute atomic E-state index is 12.9. The van der Waals surface area contributed by atoms with Crippen LogP contribution in [-0.4, -0.2) is 35.6 Å². The normalized spacial score (nSPS) is 10.8. The second kappa shape index (κ2) is 10.9. The van der Waals surface area contributed by atoms with Crippen LogP contribution in [0.4, 0.5) is 11.4 Å². The molecule has 2 N–H and O–H groups in total. The summed E-state index contributed by atoms with van der Waals surface area (Å²) in [6.07, 6.45) is 2.38. The van der Waals surface area contributed by atoms with Gasteiger partial charge in [-0.25, -0.2) is 9.78 Å². The quantitative estimate of drug-likeness (QED) is 0.325. The highest BCUT2D eigenvalue weighted by Gasteiger charge is 2.25. The van der Waals surface area contributed by atoms with E-state index in [4.69, 9.17) is 9.47 Å². The number of hydrogen-bond acceptors (Lipinski definition) is 6. The molecule has 0 radical (unpaired) electrons. The van der Waals surface area contributed by atoms with E-state index >= 15 is 0 Å². The predicted octanol–water partition coefficient (Wildman–Crippen LogP) is 4.95. The molecule has 0 bridgehead atoms. The van der Waals surface area contributed by atoms with E-state index in [1.807, 2.05) is 47.0 Å². The Bertz CT molecular complexity index is 1390. The summed E-state index contributed by atoms with van der Waals surface area (Å²) in [6.45, 7) is 4.57. The Morgan fingerprint density at radius 3 is 2.47 bits per heavy atom. The number of nitrogens with one attached hydrogen (secondary N) is 2. The average Bonchev–Trinajstić information content (AvgIpc) is 3.18. The van der Waals surface area contributed by atoms with Crippen LogP contribution in [0.1, 0.15) is 34.1 Å². The Morgan fingerprint density at radius 2 is 1.81 bits per heavy atom. The van der Waals surface area contributed by atoms with Gasteiger partial charge in [0.25, 0.3) is 0 Å². The summed E-state index contributed by atoms with van der Waals surface area (Å²) in [5.74, 6) is -0.0470. The van der Waals surface area contributed by atoms with Crippen LogP contribution in [0, 0.1) is 6.92 Å². The summed E-state index contributed by atoms with van der Waals surface area (Å²) in [7, 11) is 2.96. The van der Waals surface area contributed by atoms with E-state index in [1.54, 1.807) is 13.3 Å². The van der Waals surface area contributed by atoms with Crippen molar-refractivity contribution in [1.82, 2.24) is 9.55 Å². The molecule has 0 saturated heterocycles. The minimum absolute atomic E-state index is 0.264. The maximum atomic E-state index is 12.9. The van der Waals surface area contributed by atoms with E-state index in [0.717, 1.165) is 17.0 Å². The zero-order valence-electron chi connectivity index (χ0n) is 20.9. The van der Waals surface area contributed by atoms with Gasteiger partial charge in [0.15, 0.2) is 5.69 Å². The summed E-state index contributed by atoms with van der Waals surface area (Å²) in [5.41, 5.74) is 5.47. The van der Waals surface area contributed by atoms with Crippen LogP contribution in [0.2, 0.25) is 0 Å². The Hall–Kier alpha value is -4.33. The van der Waals surface area contributed by atoms with E-state index in [9.17, 15) is 9.59 Å². The van der Waals surface area contributed by atoms with Gasteiger partial charge in [-0.05, 0) is 48.2 Å². The number of rotatable bonds is 9. The molecule has 2 aromatic heterocycles. The standard InChI is InChI=1S/C28H30N4O4/c1-18-7-5-6-8-21(18)16-29-22-15-24-25(31-19(2)33)26(28(34)36-4)32(27(24)30-17-22)14-13-20-9-11-23(35-3)12-10-20/h5-12,15,17,29H,13-14,16H2,1-4H3,(H,31,33). The highest BCUT2D eigenvalue weighted by atomic mass is 16.5. The molecular formula is C28H30N4O4. The number of anilines is 2. The molecule has 0 spiro atoms. The minimum Gasteiger partial charge on any atom is -0.497 e. The molecule has 1 amide bonds. The lowest BCUT2D eigenvalue weighted by Crippen LogP contribution is -2.16. The lowest BCUT2D eigenvalue weighted by atomic mass is 10.1. The number of esters is 1. The maximum Gasteiger partial charge on any atom is 0.356 e. The van der Waals surface area contributed by atoms with Gasteiger partial charge in [-0.1, -0.05) is 36.4 Å². The fourth-order valence-electron chi connectivity index (χ4n) is 4.19. The minimum atomic E-state index is -0.541. The van der Waals surface area contributed by atoms with Gasteiger partial charge in [0.05, 0.1) is 31.8 Å². The first-order chi connectivity index (χ1) is 17.4. The van der Waals surface area contributed by atoms with Gasteiger partial charge in [-0.15, -0.1) is 0 Å². The number of carbonyl (C=O) groups excluding carboxylic acids is 2. The number of carbonyl (C=O) groups is 2. The summed E-state index contributed by atoms with van der Waals surface area (Å²) in [5, 5.41) is 6.90. The van der Waals surface area contributed by atoms with Crippen molar-refractivity contribution >= 4 is 34.3 Å². The fourth-order valence-corrected chi connectivity index (χ4v) is 4.19. The number of amides is 1. The van der Waals surface area contributed by atoms with E-state index in [0.29, 0.717) is 36.2 Å². The van der Waals surface area contributed by atoms with Gasteiger partial charge < -0.3 is 24.7 Å². The summed E-state index contributed by atoms with van der Waals surface area (Å²) >= 11 is 0. The first-order valence-electron chi connectivity index (χ1n) is 11.7. The van der Waals surface area contributed by atoms with Crippen molar-refractivity contribution in [1.29, 1.82) is 0 Å². The number of hydrogen-bond donors (Lipinski definition) is 2. The van der Waals surface area contributed by atoms with Crippen molar-refractivity contribution in [3.05, 3.63) is 83.2 Å². The zero-order chi connectivity index (χ0) is 25.7. The lowest BCUT2D eigenvalue weighted by molar-refractivity contribution is -0.114. The number of aromatic nitrogens is 2. The van der Waals surface area contributed by atoms with Crippen molar-refractivity contribution in [2.24, 2.45) is 0 Å². The molecule has 2 aromatic carbocycles. The number of methoxy groups -OCH3 is 2. The third kappa shape index (κ3) is 5.33. The van der Waals surface area contributed by atoms with Crippen LogP contribution >= 0.6 is 0 Å². The molecule has 0 saturated carbocycles. The van der Waals surface area contributed by atoms with Crippen LogP contribution in [-0.2, 0) is 29.0 Å². The number of nitrogens with zero attached hydrogens (tertiary/aromatic N) is 2.